The normalized spacial score (nSPS) is 12.9. The topological polar surface area (TPSA) is 43.4 Å². The average molecular weight is 234 g/mol. The summed E-state index contributed by atoms with van der Waals surface area (Å²) in [6.07, 6.45) is 1.16. The van der Waals surface area contributed by atoms with E-state index in [9.17, 15) is 9.59 Å². The van der Waals surface area contributed by atoms with Gasteiger partial charge in [0.05, 0.1) is 12.5 Å². The van der Waals surface area contributed by atoms with Gasteiger partial charge in [-0.05, 0) is 19.4 Å². The molecule has 3 nitrogen and oxygen atoms in total. The van der Waals surface area contributed by atoms with Gasteiger partial charge in [0.2, 0.25) is 0 Å². The van der Waals surface area contributed by atoms with Gasteiger partial charge in [0.1, 0.15) is 6.29 Å². The quantitative estimate of drug-likeness (QED) is 0.581. The zero-order valence-electron chi connectivity index (χ0n) is 10.5. The first-order valence-electron chi connectivity index (χ1n) is 5.61. The molecule has 0 saturated carbocycles. The molecule has 0 fully saturated rings. The summed E-state index contributed by atoms with van der Waals surface area (Å²) in [5.41, 5.74) is 0.270. The van der Waals surface area contributed by atoms with E-state index < -0.39 is 5.41 Å². The lowest BCUT2D eigenvalue weighted by Gasteiger charge is -2.30. The number of hydrogen-bond acceptors (Lipinski definition) is 3. The van der Waals surface area contributed by atoms with Crippen molar-refractivity contribution in [3.8, 4) is 0 Å². The zero-order chi connectivity index (χ0) is 12.9. The highest BCUT2D eigenvalue weighted by Gasteiger charge is 2.38. The third-order valence-electron chi connectivity index (χ3n) is 3.12. The van der Waals surface area contributed by atoms with Crippen molar-refractivity contribution in [3.05, 3.63) is 35.9 Å². The van der Waals surface area contributed by atoms with Crippen LogP contribution in [0.15, 0.2) is 30.3 Å². The van der Waals surface area contributed by atoms with Crippen LogP contribution in [-0.2, 0) is 14.3 Å². The van der Waals surface area contributed by atoms with Crippen molar-refractivity contribution in [1.82, 2.24) is 0 Å². The van der Waals surface area contributed by atoms with Gasteiger partial charge in [0.15, 0.2) is 0 Å². The first-order valence-corrected chi connectivity index (χ1v) is 5.61. The molecular formula is C14H18O3. The first-order chi connectivity index (χ1) is 8.04. The summed E-state index contributed by atoms with van der Waals surface area (Å²) >= 11 is 0. The van der Waals surface area contributed by atoms with Crippen LogP contribution >= 0.6 is 0 Å². The third kappa shape index (κ3) is 2.93. The molecule has 0 heterocycles. The highest BCUT2D eigenvalue weighted by atomic mass is 16.5. The summed E-state index contributed by atoms with van der Waals surface area (Å²) in [7, 11) is 1.37. The fourth-order valence-corrected chi connectivity index (χ4v) is 2.03. The molecule has 0 aromatic heterocycles. The van der Waals surface area contributed by atoms with E-state index in [4.69, 9.17) is 4.74 Å². The van der Waals surface area contributed by atoms with Crippen LogP contribution in [-0.4, -0.2) is 19.4 Å². The van der Waals surface area contributed by atoms with Crippen LogP contribution in [0.2, 0.25) is 0 Å². The van der Waals surface area contributed by atoms with Gasteiger partial charge < -0.3 is 9.53 Å². The van der Waals surface area contributed by atoms with Crippen LogP contribution < -0.4 is 0 Å². The molecule has 3 heteroatoms. The smallest absolute Gasteiger partial charge is 0.311 e. The van der Waals surface area contributed by atoms with Gasteiger partial charge in [-0.3, -0.25) is 4.79 Å². The third-order valence-corrected chi connectivity index (χ3v) is 3.12. The summed E-state index contributed by atoms with van der Waals surface area (Å²) in [6, 6.07) is 9.57. The van der Waals surface area contributed by atoms with Crippen molar-refractivity contribution in [2.75, 3.05) is 7.11 Å². The second-order valence-corrected chi connectivity index (χ2v) is 4.58. The van der Waals surface area contributed by atoms with E-state index >= 15 is 0 Å². The Morgan fingerprint density at radius 3 is 2.41 bits per heavy atom. The van der Waals surface area contributed by atoms with Gasteiger partial charge in [-0.1, -0.05) is 30.3 Å². The van der Waals surface area contributed by atoms with Crippen LogP contribution in [0.1, 0.15) is 31.7 Å². The summed E-state index contributed by atoms with van der Waals surface area (Å²) in [4.78, 5) is 22.6. The fraction of sp³-hybridized carbons (Fsp3) is 0.429. The van der Waals surface area contributed by atoms with E-state index in [-0.39, 0.29) is 11.9 Å². The van der Waals surface area contributed by atoms with E-state index in [1.54, 1.807) is 13.8 Å². The Morgan fingerprint density at radius 2 is 1.94 bits per heavy atom. The van der Waals surface area contributed by atoms with Crippen molar-refractivity contribution < 1.29 is 14.3 Å². The van der Waals surface area contributed by atoms with Crippen LogP contribution in [0.4, 0.5) is 0 Å². The van der Waals surface area contributed by atoms with Crippen molar-refractivity contribution in [2.24, 2.45) is 5.41 Å². The zero-order valence-corrected chi connectivity index (χ0v) is 10.5. The predicted molar refractivity (Wildman–Crippen MR) is 65.7 cm³/mol. The number of carbonyl (C=O) groups is 2. The molecule has 0 saturated heterocycles. The molecular weight excluding hydrogens is 216 g/mol. The van der Waals surface area contributed by atoms with Gasteiger partial charge in [0.25, 0.3) is 0 Å². The summed E-state index contributed by atoms with van der Waals surface area (Å²) in [5.74, 6) is -0.457. The summed E-state index contributed by atoms with van der Waals surface area (Å²) < 4.78 is 4.81. The SMILES string of the molecule is COC(=O)C(C)(C)C(CC=O)c1ccccc1. The molecule has 0 aliphatic heterocycles. The number of carbonyl (C=O) groups excluding carboxylic acids is 2. The Kier molecular flexibility index (Phi) is 4.44. The summed E-state index contributed by atoms with van der Waals surface area (Å²) in [5, 5.41) is 0. The molecule has 0 amide bonds. The Balaban J connectivity index is 3.09. The minimum atomic E-state index is -0.711. The highest BCUT2D eigenvalue weighted by Crippen LogP contribution is 2.38. The maximum Gasteiger partial charge on any atom is 0.311 e. The van der Waals surface area contributed by atoms with E-state index in [1.165, 1.54) is 7.11 Å². The molecule has 1 rings (SSSR count). The van der Waals surface area contributed by atoms with Crippen LogP contribution in [0, 0.1) is 5.41 Å². The Bertz CT molecular complexity index is 382. The monoisotopic (exact) mass is 234 g/mol. The van der Waals surface area contributed by atoms with Crippen molar-refractivity contribution in [3.63, 3.8) is 0 Å². The minimum absolute atomic E-state index is 0.159. The lowest BCUT2D eigenvalue weighted by molar-refractivity contribution is -0.152. The predicted octanol–water partition coefficient (Wildman–Crippen LogP) is 2.56. The van der Waals surface area contributed by atoms with Crippen molar-refractivity contribution in [2.45, 2.75) is 26.2 Å². The van der Waals surface area contributed by atoms with Gasteiger partial charge in [-0.2, -0.15) is 0 Å². The van der Waals surface area contributed by atoms with E-state index in [0.717, 1.165) is 11.8 Å². The lowest BCUT2D eigenvalue weighted by atomic mass is 9.73. The van der Waals surface area contributed by atoms with E-state index in [2.05, 4.69) is 0 Å². The van der Waals surface area contributed by atoms with Crippen LogP contribution in [0.25, 0.3) is 0 Å². The first kappa shape index (κ1) is 13.4. The minimum Gasteiger partial charge on any atom is -0.469 e. The molecule has 0 aliphatic rings. The molecule has 0 spiro atoms. The van der Waals surface area contributed by atoms with E-state index in [1.807, 2.05) is 30.3 Å². The summed E-state index contributed by atoms with van der Waals surface area (Å²) in [6.45, 7) is 3.61. The number of benzene rings is 1. The molecule has 1 aromatic rings. The maximum atomic E-state index is 11.8. The lowest BCUT2D eigenvalue weighted by Crippen LogP contribution is -2.33. The van der Waals surface area contributed by atoms with Gasteiger partial charge >= 0.3 is 5.97 Å². The number of rotatable bonds is 5. The molecule has 1 aromatic carbocycles. The second kappa shape index (κ2) is 5.62. The molecule has 0 aliphatic carbocycles. The largest absolute Gasteiger partial charge is 0.469 e. The van der Waals surface area contributed by atoms with Crippen molar-refractivity contribution in [1.29, 1.82) is 0 Å². The molecule has 1 atom stereocenters. The number of esters is 1. The molecule has 0 N–H and O–H groups in total. The molecule has 92 valence electrons. The van der Waals surface area contributed by atoms with Gasteiger partial charge in [-0.25, -0.2) is 0 Å². The molecule has 17 heavy (non-hydrogen) atoms. The van der Waals surface area contributed by atoms with Crippen LogP contribution in [0.3, 0.4) is 0 Å². The standard InChI is InChI=1S/C14H18O3/c1-14(2,13(16)17-3)12(9-10-15)11-7-5-4-6-8-11/h4-8,10,12H,9H2,1-3H3. The molecule has 1 unspecified atom stereocenters. The van der Waals surface area contributed by atoms with Crippen LogP contribution in [0.5, 0.6) is 0 Å². The maximum absolute atomic E-state index is 11.8. The number of methoxy groups -OCH3 is 1. The Labute approximate surface area is 102 Å². The van der Waals surface area contributed by atoms with Crippen molar-refractivity contribution >= 4 is 12.3 Å². The van der Waals surface area contributed by atoms with E-state index in [0.29, 0.717) is 6.42 Å². The Morgan fingerprint density at radius 1 is 1.35 bits per heavy atom. The number of ether oxygens (including phenoxy) is 1. The van der Waals surface area contributed by atoms with Gasteiger partial charge in [0, 0.05) is 12.3 Å². The molecule has 0 bridgehead atoms. The average Bonchev–Trinajstić information content (AvgIpc) is 2.35. The molecule has 0 radical (unpaired) electrons. The Hall–Kier alpha value is -1.64. The highest BCUT2D eigenvalue weighted by molar-refractivity contribution is 5.78. The number of aldehydes is 1. The fourth-order valence-electron chi connectivity index (χ4n) is 2.03. The second-order valence-electron chi connectivity index (χ2n) is 4.58. The van der Waals surface area contributed by atoms with Gasteiger partial charge in [-0.15, -0.1) is 0 Å². The number of hydrogen-bond donors (Lipinski definition) is 0.